The topological polar surface area (TPSA) is 44.4 Å². The van der Waals surface area contributed by atoms with Crippen molar-refractivity contribution in [1.82, 2.24) is 10.2 Å². The zero-order valence-corrected chi connectivity index (χ0v) is 12.3. The Bertz CT molecular complexity index is 541. The van der Waals surface area contributed by atoms with Crippen LogP contribution in [0.3, 0.4) is 0 Å². The number of benzene rings is 1. The smallest absolute Gasteiger partial charge is 0.251 e. The third-order valence-corrected chi connectivity index (χ3v) is 5.00. The van der Waals surface area contributed by atoms with E-state index in [-0.39, 0.29) is 5.91 Å². The van der Waals surface area contributed by atoms with Crippen LogP contribution in [0.1, 0.15) is 42.5 Å². The molecule has 1 saturated carbocycles. The summed E-state index contributed by atoms with van der Waals surface area (Å²) in [7, 11) is 0. The minimum absolute atomic E-state index is 0.0649. The van der Waals surface area contributed by atoms with Crippen molar-refractivity contribution in [3.63, 3.8) is 0 Å². The Morgan fingerprint density at radius 1 is 1.14 bits per heavy atom. The summed E-state index contributed by atoms with van der Waals surface area (Å²) in [5, 5.41) is 6.71. The first-order chi connectivity index (χ1) is 10.3. The second-order valence-corrected chi connectivity index (χ2v) is 6.61. The quantitative estimate of drug-likeness (QED) is 0.891. The fraction of sp³-hybridized carbons (Fsp3) is 0.588. The van der Waals surface area contributed by atoms with Crippen LogP contribution < -0.4 is 10.6 Å². The summed E-state index contributed by atoms with van der Waals surface area (Å²) in [6.07, 6.45) is 6.10. The van der Waals surface area contributed by atoms with Crippen LogP contribution in [0.5, 0.6) is 0 Å². The summed E-state index contributed by atoms with van der Waals surface area (Å²) < 4.78 is 0. The predicted molar refractivity (Wildman–Crippen MR) is 83.6 cm³/mol. The van der Waals surface area contributed by atoms with E-state index >= 15 is 0 Å². The van der Waals surface area contributed by atoms with Gasteiger partial charge in [-0.15, -0.1) is 0 Å². The Hall–Kier alpha value is -1.55. The van der Waals surface area contributed by atoms with Gasteiger partial charge in [-0.3, -0.25) is 9.69 Å². The predicted octanol–water partition coefficient (Wildman–Crippen LogP) is 2.23. The van der Waals surface area contributed by atoms with E-state index in [1.54, 1.807) is 0 Å². The highest BCUT2D eigenvalue weighted by Gasteiger charge is 2.37. The Morgan fingerprint density at radius 3 is 2.90 bits per heavy atom. The van der Waals surface area contributed by atoms with E-state index in [0.717, 1.165) is 24.1 Å². The van der Waals surface area contributed by atoms with E-state index in [1.807, 2.05) is 18.2 Å². The molecule has 0 radical (unpaired) electrons. The standard InChI is InChI=1S/C17H23N3O/c21-17(19-13-6-7-13)12-3-1-4-14(11-12)18-15-8-10-20-9-2-5-16(15)20/h1,3-4,11,13,15-16,18H,2,5-10H2,(H,19,21). The van der Waals surface area contributed by atoms with Gasteiger partial charge in [-0.2, -0.15) is 0 Å². The monoisotopic (exact) mass is 285 g/mol. The maximum atomic E-state index is 12.1. The molecule has 4 heteroatoms. The maximum Gasteiger partial charge on any atom is 0.251 e. The summed E-state index contributed by atoms with van der Waals surface area (Å²) in [6.45, 7) is 2.47. The molecule has 3 aliphatic rings. The molecule has 2 N–H and O–H groups in total. The van der Waals surface area contributed by atoms with Crippen molar-refractivity contribution >= 4 is 11.6 Å². The van der Waals surface area contributed by atoms with Crippen LogP contribution in [0.4, 0.5) is 5.69 Å². The summed E-state index contributed by atoms with van der Waals surface area (Å²) in [5.41, 5.74) is 1.85. The fourth-order valence-corrected chi connectivity index (χ4v) is 3.71. The van der Waals surface area contributed by atoms with Gasteiger partial charge in [0.05, 0.1) is 0 Å². The van der Waals surface area contributed by atoms with Gasteiger partial charge in [-0.25, -0.2) is 0 Å². The molecule has 1 aliphatic carbocycles. The van der Waals surface area contributed by atoms with Gasteiger partial charge in [-0.05, 0) is 56.8 Å². The Labute approximate surface area is 125 Å². The van der Waals surface area contributed by atoms with E-state index in [9.17, 15) is 4.79 Å². The first-order valence-corrected chi connectivity index (χ1v) is 8.21. The minimum Gasteiger partial charge on any atom is -0.381 e. The largest absolute Gasteiger partial charge is 0.381 e. The lowest BCUT2D eigenvalue weighted by atomic mass is 10.1. The molecule has 0 spiro atoms. The number of carbonyl (C=O) groups is 1. The van der Waals surface area contributed by atoms with E-state index in [0.29, 0.717) is 18.1 Å². The van der Waals surface area contributed by atoms with Gasteiger partial charge in [0.2, 0.25) is 0 Å². The van der Waals surface area contributed by atoms with Gasteiger partial charge in [0.15, 0.2) is 0 Å². The van der Waals surface area contributed by atoms with E-state index in [1.165, 1.54) is 32.4 Å². The van der Waals surface area contributed by atoms with Crippen LogP contribution in [0.15, 0.2) is 24.3 Å². The number of rotatable bonds is 4. The zero-order chi connectivity index (χ0) is 14.2. The summed E-state index contributed by atoms with van der Waals surface area (Å²) in [4.78, 5) is 14.7. The molecule has 4 rings (SSSR count). The molecule has 2 heterocycles. The SMILES string of the molecule is O=C(NC1CC1)c1cccc(NC2CCN3CCCC23)c1. The second-order valence-electron chi connectivity index (χ2n) is 6.61. The van der Waals surface area contributed by atoms with Gasteiger partial charge in [0.1, 0.15) is 0 Å². The van der Waals surface area contributed by atoms with E-state index < -0.39 is 0 Å². The van der Waals surface area contributed by atoms with Gasteiger partial charge < -0.3 is 10.6 Å². The third-order valence-electron chi connectivity index (χ3n) is 5.00. The molecule has 3 fully saturated rings. The minimum atomic E-state index is 0.0649. The number of hydrogen-bond acceptors (Lipinski definition) is 3. The molecule has 112 valence electrons. The molecule has 2 aliphatic heterocycles. The normalized spacial score (nSPS) is 28.4. The summed E-state index contributed by atoms with van der Waals surface area (Å²) >= 11 is 0. The molecule has 0 bridgehead atoms. The Kier molecular flexibility index (Phi) is 3.34. The number of fused-ring (bicyclic) bond motifs is 1. The first-order valence-electron chi connectivity index (χ1n) is 8.21. The van der Waals surface area contributed by atoms with Gasteiger partial charge in [0.25, 0.3) is 5.91 Å². The molecule has 2 saturated heterocycles. The fourth-order valence-electron chi connectivity index (χ4n) is 3.71. The van der Waals surface area contributed by atoms with Crippen molar-refractivity contribution in [3.05, 3.63) is 29.8 Å². The molecule has 4 nitrogen and oxygen atoms in total. The van der Waals surface area contributed by atoms with Crippen molar-refractivity contribution in [2.24, 2.45) is 0 Å². The highest BCUT2D eigenvalue weighted by Crippen LogP contribution is 2.30. The summed E-state index contributed by atoms with van der Waals surface area (Å²) in [6, 6.07) is 9.59. The average Bonchev–Trinajstić information content (AvgIpc) is 3.04. The van der Waals surface area contributed by atoms with Gasteiger partial charge in [0, 0.05) is 35.9 Å². The Balaban J connectivity index is 1.44. The van der Waals surface area contributed by atoms with Gasteiger partial charge in [-0.1, -0.05) is 6.07 Å². The van der Waals surface area contributed by atoms with Crippen LogP contribution >= 0.6 is 0 Å². The maximum absolute atomic E-state index is 12.1. The van der Waals surface area contributed by atoms with Crippen LogP contribution in [0.25, 0.3) is 0 Å². The molecular formula is C17H23N3O. The number of anilines is 1. The third kappa shape index (κ3) is 2.77. The van der Waals surface area contributed by atoms with Crippen molar-refractivity contribution in [2.45, 2.75) is 50.2 Å². The van der Waals surface area contributed by atoms with Crippen molar-refractivity contribution in [3.8, 4) is 0 Å². The lowest BCUT2D eigenvalue weighted by Crippen LogP contribution is -2.33. The number of carbonyl (C=O) groups excluding carboxylic acids is 1. The number of nitrogens with one attached hydrogen (secondary N) is 2. The van der Waals surface area contributed by atoms with Crippen LogP contribution in [-0.2, 0) is 0 Å². The number of nitrogens with zero attached hydrogens (tertiary/aromatic N) is 1. The Morgan fingerprint density at radius 2 is 2.05 bits per heavy atom. The molecule has 1 aromatic carbocycles. The van der Waals surface area contributed by atoms with E-state index in [4.69, 9.17) is 0 Å². The molecule has 1 amide bonds. The molecule has 2 unspecified atom stereocenters. The lowest BCUT2D eigenvalue weighted by Gasteiger charge is -2.22. The van der Waals surface area contributed by atoms with Crippen LogP contribution in [0, 0.1) is 0 Å². The highest BCUT2D eigenvalue weighted by atomic mass is 16.1. The number of hydrogen-bond donors (Lipinski definition) is 2. The molecule has 2 atom stereocenters. The molecule has 21 heavy (non-hydrogen) atoms. The first kappa shape index (κ1) is 13.1. The molecule has 0 aromatic heterocycles. The number of amides is 1. The molecule has 1 aromatic rings. The highest BCUT2D eigenvalue weighted by molar-refractivity contribution is 5.95. The van der Waals surface area contributed by atoms with Gasteiger partial charge >= 0.3 is 0 Å². The lowest BCUT2D eigenvalue weighted by molar-refractivity contribution is 0.0951. The molecular weight excluding hydrogens is 262 g/mol. The van der Waals surface area contributed by atoms with E-state index in [2.05, 4.69) is 21.6 Å². The van der Waals surface area contributed by atoms with Crippen molar-refractivity contribution in [2.75, 3.05) is 18.4 Å². The average molecular weight is 285 g/mol. The summed E-state index contributed by atoms with van der Waals surface area (Å²) in [5.74, 6) is 0.0649. The van der Waals surface area contributed by atoms with Crippen molar-refractivity contribution in [1.29, 1.82) is 0 Å². The van der Waals surface area contributed by atoms with Crippen LogP contribution in [-0.4, -0.2) is 42.0 Å². The van der Waals surface area contributed by atoms with Crippen molar-refractivity contribution < 1.29 is 4.79 Å². The second kappa shape index (κ2) is 5.34. The zero-order valence-electron chi connectivity index (χ0n) is 12.3. The van der Waals surface area contributed by atoms with Crippen LogP contribution in [0.2, 0.25) is 0 Å².